The molecule has 0 aliphatic heterocycles. The van der Waals surface area contributed by atoms with E-state index in [1.54, 1.807) is 20.8 Å². The molecule has 0 saturated heterocycles. The SMILES string of the molecule is CCCc1nc2sc(C(N)=O)c(C)c2c(=O)n1CC(C)(C)C(=O)O. The Balaban J connectivity index is 2.77. The Hall–Kier alpha value is -2.22. The monoisotopic (exact) mass is 351 g/mol. The summed E-state index contributed by atoms with van der Waals surface area (Å²) in [6.45, 7) is 6.76. The fourth-order valence-electron chi connectivity index (χ4n) is 2.53. The van der Waals surface area contributed by atoms with Gasteiger partial charge in [0.05, 0.1) is 15.7 Å². The van der Waals surface area contributed by atoms with Gasteiger partial charge in [0, 0.05) is 13.0 Å². The predicted octanol–water partition coefficient (Wildman–Crippen LogP) is 1.93. The lowest BCUT2D eigenvalue weighted by atomic mass is 9.93. The molecule has 0 radical (unpaired) electrons. The number of carboxylic acid groups (broad SMARTS) is 1. The van der Waals surface area contributed by atoms with E-state index < -0.39 is 17.3 Å². The van der Waals surface area contributed by atoms with E-state index in [0.717, 1.165) is 17.8 Å². The first-order valence-corrected chi connectivity index (χ1v) is 8.47. The number of aliphatic carboxylic acids is 1. The first kappa shape index (κ1) is 18.1. The van der Waals surface area contributed by atoms with Crippen LogP contribution in [-0.4, -0.2) is 26.5 Å². The van der Waals surface area contributed by atoms with Crippen molar-refractivity contribution in [3.63, 3.8) is 0 Å². The van der Waals surface area contributed by atoms with Crippen LogP contribution in [0, 0.1) is 12.3 Å². The average molecular weight is 351 g/mol. The minimum Gasteiger partial charge on any atom is -0.481 e. The number of hydrogen-bond donors (Lipinski definition) is 2. The van der Waals surface area contributed by atoms with Gasteiger partial charge in [0.2, 0.25) is 0 Å². The lowest BCUT2D eigenvalue weighted by Crippen LogP contribution is -2.36. The fraction of sp³-hybridized carbons (Fsp3) is 0.500. The van der Waals surface area contributed by atoms with Crippen LogP contribution in [0.2, 0.25) is 0 Å². The summed E-state index contributed by atoms with van der Waals surface area (Å²) >= 11 is 1.10. The van der Waals surface area contributed by atoms with E-state index in [0.29, 0.717) is 32.9 Å². The number of hydrogen-bond acceptors (Lipinski definition) is 5. The van der Waals surface area contributed by atoms with Crippen molar-refractivity contribution in [3.05, 3.63) is 26.6 Å². The summed E-state index contributed by atoms with van der Waals surface area (Å²) < 4.78 is 1.42. The molecule has 0 aromatic carbocycles. The Morgan fingerprint density at radius 1 is 1.38 bits per heavy atom. The zero-order chi connectivity index (χ0) is 18.2. The number of nitrogens with two attached hydrogens (primary N) is 1. The average Bonchev–Trinajstić information content (AvgIpc) is 2.80. The summed E-state index contributed by atoms with van der Waals surface area (Å²) in [5.74, 6) is -1.05. The maximum absolute atomic E-state index is 13.0. The number of carbonyl (C=O) groups excluding carboxylic acids is 1. The number of carbonyl (C=O) groups is 2. The molecule has 7 nitrogen and oxygen atoms in total. The van der Waals surface area contributed by atoms with Crippen LogP contribution in [0.4, 0.5) is 0 Å². The number of fused-ring (bicyclic) bond motifs is 1. The molecule has 0 aliphatic rings. The Kier molecular flexibility index (Phi) is 4.80. The third-order valence-corrected chi connectivity index (χ3v) is 5.16. The second kappa shape index (κ2) is 6.35. The number of aromatic nitrogens is 2. The highest BCUT2D eigenvalue weighted by molar-refractivity contribution is 7.20. The third-order valence-electron chi connectivity index (χ3n) is 3.96. The van der Waals surface area contributed by atoms with Crippen molar-refractivity contribution < 1.29 is 14.7 Å². The maximum Gasteiger partial charge on any atom is 0.310 e. The van der Waals surface area contributed by atoms with Crippen LogP contribution < -0.4 is 11.3 Å². The van der Waals surface area contributed by atoms with Crippen molar-refractivity contribution >= 4 is 33.4 Å². The summed E-state index contributed by atoms with van der Waals surface area (Å²) in [6, 6.07) is 0. The van der Waals surface area contributed by atoms with E-state index in [9.17, 15) is 19.5 Å². The summed E-state index contributed by atoms with van der Waals surface area (Å²) in [5, 5.41) is 9.71. The quantitative estimate of drug-likeness (QED) is 0.825. The molecule has 2 aromatic heterocycles. The van der Waals surface area contributed by atoms with Crippen LogP contribution in [0.1, 0.15) is 48.3 Å². The molecule has 2 rings (SSSR count). The van der Waals surface area contributed by atoms with Crippen LogP contribution >= 0.6 is 11.3 Å². The number of thiophene rings is 1. The van der Waals surface area contributed by atoms with Crippen molar-refractivity contribution in [2.75, 3.05) is 0 Å². The highest BCUT2D eigenvalue weighted by atomic mass is 32.1. The zero-order valence-electron chi connectivity index (χ0n) is 14.2. The van der Waals surface area contributed by atoms with E-state index in [-0.39, 0.29) is 12.1 Å². The van der Waals surface area contributed by atoms with Gasteiger partial charge in [-0.1, -0.05) is 6.92 Å². The molecular weight excluding hydrogens is 330 g/mol. The Morgan fingerprint density at radius 2 is 2.00 bits per heavy atom. The van der Waals surface area contributed by atoms with Gasteiger partial charge < -0.3 is 10.8 Å². The minimum atomic E-state index is -1.11. The summed E-state index contributed by atoms with van der Waals surface area (Å²) in [4.78, 5) is 41.2. The first-order chi connectivity index (χ1) is 11.1. The molecule has 0 saturated carbocycles. The molecule has 0 spiro atoms. The molecule has 24 heavy (non-hydrogen) atoms. The second-order valence-corrected chi connectivity index (χ2v) is 7.46. The molecule has 0 fully saturated rings. The minimum absolute atomic E-state index is 0.0145. The number of carboxylic acids is 1. The number of nitrogens with zero attached hydrogens (tertiary/aromatic N) is 2. The van der Waals surface area contributed by atoms with Crippen LogP contribution in [0.3, 0.4) is 0 Å². The van der Waals surface area contributed by atoms with Gasteiger partial charge in [-0.25, -0.2) is 4.98 Å². The molecule has 0 aliphatic carbocycles. The Bertz CT molecular complexity index is 880. The third kappa shape index (κ3) is 3.06. The van der Waals surface area contributed by atoms with Gasteiger partial charge >= 0.3 is 5.97 Å². The van der Waals surface area contributed by atoms with E-state index in [1.165, 1.54) is 4.57 Å². The Morgan fingerprint density at radius 3 is 2.50 bits per heavy atom. The molecule has 0 atom stereocenters. The second-order valence-electron chi connectivity index (χ2n) is 6.46. The van der Waals surface area contributed by atoms with Crippen LogP contribution in [0.15, 0.2) is 4.79 Å². The first-order valence-electron chi connectivity index (χ1n) is 7.66. The lowest BCUT2D eigenvalue weighted by Gasteiger charge is -2.22. The number of primary amides is 1. The fourth-order valence-corrected chi connectivity index (χ4v) is 3.58. The van der Waals surface area contributed by atoms with E-state index in [1.807, 2.05) is 6.92 Å². The number of amides is 1. The smallest absolute Gasteiger partial charge is 0.310 e. The van der Waals surface area contributed by atoms with Crippen molar-refractivity contribution in [1.29, 1.82) is 0 Å². The van der Waals surface area contributed by atoms with E-state index in [2.05, 4.69) is 4.98 Å². The van der Waals surface area contributed by atoms with E-state index in [4.69, 9.17) is 5.73 Å². The molecule has 2 heterocycles. The van der Waals surface area contributed by atoms with Crippen molar-refractivity contribution in [1.82, 2.24) is 9.55 Å². The normalized spacial score (nSPS) is 11.8. The summed E-state index contributed by atoms with van der Waals surface area (Å²) in [7, 11) is 0. The number of aryl methyl sites for hydroxylation is 2. The van der Waals surface area contributed by atoms with Gasteiger partial charge in [-0.3, -0.25) is 19.0 Å². The van der Waals surface area contributed by atoms with Gasteiger partial charge in [-0.2, -0.15) is 0 Å². The van der Waals surface area contributed by atoms with Crippen LogP contribution in [0.5, 0.6) is 0 Å². The maximum atomic E-state index is 13.0. The van der Waals surface area contributed by atoms with Crippen LogP contribution in [0.25, 0.3) is 10.2 Å². The summed E-state index contributed by atoms with van der Waals surface area (Å²) in [6.07, 6.45) is 1.31. The topological polar surface area (TPSA) is 115 Å². The summed E-state index contributed by atoms with van der Waals surface area (Å²) in [5.41, 5.74) is 4.43. The lowest BCUT2D eigenvalue weighted by molar-refractivity contribution is -0.147. The van der Waals surface area contributed by atoms with Gasteiger partial charge in [-0.15, -0.1) is 11.3 Å². The van der Waals surface area contributed by atoms with Gasteiger partial charge in [0.15, 0.2) is 0 Å². The highest BCUT2D eigenvalue weighted by Gasteiger charge is 2.30. The Labute approximate surface area is 143 Å². The van der Waals surface area contributed by atoms with Gasteiger partial charge in [-0.05, 0) is 32.8 Å². The molecule has 8 heteroatoms. The molecular formula is C16H21N3O4S. The molecule has 3 N–H and O–H groups in total. The van der Waals surface area contributed by atoms with E-state index >= 15 is 0 Å². The number of rotatable bonds is 6. The molecule has 1 amide bonds. The standard InChI is InChI=1S/C16H21N3O4S/c1-5-6-9-18-13-10(8(2)11(24-13)12(17)20)14(21)19(9)7-16(3,4)15(22)23/h5-7H2,1-4H3,(H2,17,20)(H,22,23). The van der Waals surface area contributed by atoms with Gasteiger partial charge in [0.25, 0.3) is 11.5 Å². The van der Waals surface area contributed by atoms with Crippen molar-refractivity contribution in [2.24, 2.45) is 11.1 Å². The molecule has 130 valence electrons. The predicted molar refractivity (Wildman–Crippen MR) is 92.5 cm³/mol. The van der Waals surface area contributed by atoms with Gasteiger partial charge in [0.1, 0.15) is 10.7 Å². The highest BCUT2D eigenvalue weighted by Crippen LogP contribution is 2.28. The largest absolute Gasteiger partial charge is 0.481 e. The molecule has 2 aromatic rings. The molecule has 0 unspecified atom stereocenters. The van der Waals surface area contributed by atoms with Crippen LogP contribution in [-0.2, 0) is 17.8 Å². The zero-order valence-corrected chi connectivity index (χ0v) is 15.0. The molecule has 0 bridgehead atoms. The van der Waals surface area contributed by atoms with Crippen molar-refractivity contribution in [2.45, 2.75) is 47.1 Å². The van der Waals surface area contributed by atoms with Crippen molar-refractivity contribution in [3.8, 4) is 0 Å².